The Morgan fingerprint density at radius 3 is 2.38 bits per heavy atom. The van der Waals surface area contributed by atoms with E-state index in [-0.39, 0.29) is 30.1 Å². The zero-order valence-corrected chi connectivity index (χ0v) is 18.5. The highest BCUT2D eigenvalue weighted by Gasteiger charge is 2.23. The third-order valence-corrected chi connectivity index (χ3v) is 4.48. The minimum Gasteiger partial charge on any atom is -0.453 e. The number of likely N-dealkylation sites (tertiary alicyclic amines) is 1. The number of hydrogen-bond donors (Lipinski definition) is 2. The fourth-order valence-electron chi connectivity index (χ4n) is 3.26. The Morgan fingerprint density at radius 1 is 1.23 bits per heavy atom. The van der Waals surface area contributed by atoms with Crippen LogP contribution in [0.2, 0.25) is 0 Å². The average Bonchev–Trinajstić information content (AvgIpc) is 2.60. The number of nitrogens with zero attached hydrogens (tertiary/aromatic N) is 2. The summed E-state index contributed by atoms with van der Waals surface area (Å²) >= 11 is 0. The van der Waals surface area contributed by atoms with E-state index in [9.17, 15) is 4.79 Å². The molecule has 0 spiro atoms. The van der Waals surface area contributed by atoms with E-state index in [4.69, 9.17) is 4.74 Å². The third kappa shape index (κ3) is 7.01. The molecule has 2 rings (SSSR count). The van der Waals surface area contributed by atoms with Gasteiger partial charge in [-0.05, 0) is 38.7 Å². The molecule has 1 aromatic carbocycles. The molecule has 1 aliphatic rings. The van der Waals surface area contributed by atoms with Crippen molar-refractivity contribution in [1.82, 2.24) is 15.5 Å². The van der Waals surface area contributed by atoms with E-state index in [1.807, 2.05) is 0 Å². The number of benzene rings is 1. The second-order valence-electron chi connectivity index (χ2n) is 6.62. The third-order valence-electron chi connectivity index (χ3n) is 4.48. The van der Waals surface area contributed by atoms with E-state index >= 15 is 0 Å². The molecule has 0 unspecified atom stereocenters. The lowest BCUT2D eigenvalue weighted by atomic mass is 10.1. The van der Waals surface area contributed by atoms with E-state index in [1.165, 1.54) is 23.8 Å². The summed E-state index contributed by atoms with van der Waals surface area (Å²) in [6.07, 6.45) is 2.51. The van der Waals surface area contributed by atoms with Crippen LogP contribution in [0.5, 0.6) is 0 Å². The van der Waals surface area contributed by atoms with Crippen LogP contribution in [-0.2, 0) is 11.2 Å². The molecule has 26 heavy (non-hydrogen) atoms. The molecule has 1 aliphatic heterocycles. The molecule has 1 saturated heterocycles. The van der Waals surface area contributed by atoms with Crippen LogP contribution in [0.4, 0.5) is 4.79 Å². The Kier molecular flexibility index (Phi) is 9.75. The number of aryl methyl sites for hydroxylation is 2. The predicted octanol–water partition coefficient (Wildman–Crippen LogP) is 2.86. The van der Waals surface area contributed by atoms with Gasteiger partial charge in [-0.25, -0.2) is 4.79 Å². The minimum absolute atomic E-state index is 0. The highest BCUT2D eigenvalue weighted by atomic mass is 127. The summed E-state index contributed by atoms with van der Waals surface area (Å²) in [6.45, 7) is 6.52. The van der Waals surface area contributed by atoms with Crippen LogP contribution < -0.4 is 10.6 Å². The summed E-state index contributed by atoms with van der Waals surface area (Å²) in [5.74, 6) is 0.820. The van der Waals surface area contributed by atoms with Crippen LogP contribution >= 0.6 is 24.0 Å². The van der Waals surface area contributed by atoms with Crippen LogP contribution in [0, 0.1) is 13.8 Å². The summed E-state index contributed by atoms with van der Waals surface area (Å²) < 4.78 is 4.77. The van der Waals surface area contributed by atoms with Crippen molar-refractivity contribution in [2.24, 2.45) is 4.99 Å². The number of ether oxygens (including phenoxy) is 1. The fourth-order valence-corrected chi connectivity index (χ4v) is 3.26. The monoisotopic (exact) mass is 474 g/mol. The van der Waals surface area contributed by atoms with Gasteiger partial charge in [0.15, 0.2) is 5.96 Å². The number of piperidine rings is 1. The molecule has 1 fully saturated rings. The van der Waals surface area contributed by atoms with Crippen molar-refractivity contribution in [3.8, 4) is 0 Å². The number of aliphatic imine (C=N–C) groups is 1. The van der Waals surface area contributed by atoms with E-state index < -0.39 is 0 Å². The second-order valence-corrected chi connectivity index (χ2v) is 6.62. The number of methoxy groups -OCH3 is 1. The van der Waals surface area contributed by atoms with Gasteiger partial charge in [-0.2, -0.15) is 0 Å². The van der Waals surface area contributed by atoms with Gasteiger partial charge in [0, 0.05) is 32.7 Å². The molecule has 1 heterocycles. The smallest absolute Gasteiger partial charge is 0.409 e. The number of hydrogen-bond acceptors (Lipinski definition) is 3. The lowest BCUT2D eigenvalue weighted by Gasteiger charge is -2.32. The SMILES string of the molecule is CN=C(NCCc1cc(C)cc(C)c1)NC1CCN(C(=O)OC)CC1.I. The van der Waals surface area contributed by atoms with Gasteiger partial charge in [-0.1, -0.05) is 29.3 Å². The van der Waals surface area contributed by atoms with Crippen molar-refractivity contribution >= 4 is 36.0 Å². The van der Waals surface area contributed by atoms with Crippen molar-refractivity contribution in [2.45, 2.75) is 39.2 Å². The molecule has 0 saturated carbocycles. The molecule has 6 nitrogen and oxygen atoms in total. The van der Waals surface area contributed by atoms with Crippen molar-refractivity contribution < 1.29 is 9.53 Å². The zero-order valence-electron chi connectivity index (χ0n) is 16.2. The van der Waals surface area contributed by atoms with E-state index in [0.29, 0.717) is 19.1 Å². The molecule has 1 aromatic rings. The maximum atomic E-state index is 11.5. The number of guanidine groups is 1. The van der Waals surface area contributed by atoms with Crippen LogP contribution in [0.25, 0.3) is 0 Å². The Balaban J connectivity index is 0.00000338. The molecule has 0 aromatic heterocycles. The summed E-state index contributed by atoms with van der Waals surface area (Å²) in [6, 6.07) is 6.98. The minimum atomic E-state index is -0.241. The highest BCUT2D eigenvalue weighted by Crippen LogP contribution is 2.11. The van der Waals surface area contributed by atoms with Crippen LogP contribution in [0.3, 0.4) is 0 Å². The Labute approximate surface area is 173 Å². The normalized spacial score (nSPS) is 15.2. The number of nitrogens with one attached hydrogen (secondary N) is 2. The Morgan fingerprint density at radius 2 is 1.85 bits per heavy atom. The molecule has 2 N–H and O–H groups in total. The van der Waals surface area contributed by atoms with Gasteiger partial charge in [0.25, 0.3) is 0 Å². The number of halogens is 1. The van der Waals surface area contributed by atoms with Gasteiger partial charge < -0.3 is 20.3 Å². The molecule has 7 heteroatoms. The van der Waals surface area contributed by atoms with Crippen LogP contribution in [0.1, 0.15) is 29.5 Å². The van der Waals surface area contributed by atoms with Crippen LogP contribution in [-0.4, -0.2) is 56.8 Å². The number of rotatable bonds is 4. The average molecular weight is 474 g/mol. The van der Waals surface area contributed by atoms with Gasteiger partial charge in [0.2, 0.25) is 0 Å². The maximum absolute atomic E-state index is 11.5. The standard InChI is InChI=1S/C19H30N4O2.HI/c1-14-11-15(2)13-16(12-14)5-8-21-18(20-3)22-17-6-9-23(10-7-17)19(24)25-4;/h11-13,17H,5-10H2,1-4H3,(H2,20,21,22);1H. The second kappa shape index (κ2) is 11.3. The first-order valence-electron chi connectivity index (χ1n) is 8.89. The Bertz CT molecular complexity index is 593. The quantitative estimate of drug-likeness (QED) is 0.400. The molecule has 0 bridgehead atoms. The van der Waals surface area contributed by atoms with Gasteiger partial charge in [0.1, 0.15) is 0 Å². The largest absolute Gasteiger partial charge is 0.453 e. The van der Waals surface area contributed by atoms with Gasteiger partial charge in [-0.3, -0.25) is 4.99 Å². The first-order chi connectivity index (χ1) is 12.0. The summed E-state index contributed by atoms with van der Waals surface area (Å²) in [5, 5.41) is 6.84. The number of carbonyl (C=O) groups is 1. The topological polar surface area (TPSA) is 66.0 Å². The number of carbonyl (C=O) groups excluding carboxylic acids is 1. The number of amides is 1. The fraction of sp³-hybridized carbons (Fsp3) is 0.579. The molecular weight excluding hydrogens is 443 g/mol. The van der Waals surface area contributed by atoms with Crippen molar-refractivity contribution in [3.05, 3.63) is 34.9 Å². The molecule has 0 atom stereocenters. The molecule has 0 aliphatic carbocycles. The van der Waals surface area contributed by atoms with Crippen LogP contribution in [0.15, 0.2) is 23.2 Å². The van der Waals surface area contributed by atoms with Gasteiger partial charge in [0.05, 0.1) is 7.11 Å². The Hall–Kier alpha value is -1.51. The van der Waals surface area contributed by atoms with Crippen molar-refractivity contribution in [2.75, 3.05) is 33.8 Å². The predicted molar refractivity (Wildman–Crippen MR) is 117 cm³/mol. The molecule has 146 valence electrons. The molecular formula is C19H31IN4O2. The molecule has 1 amide bonds. The first kappa shape index (κ1) is 22.5. The lowest BCUT2D eigenvalue weighted by Crippen LogP contribution is -2.50. The van der Waals surface area contributed by atoms with Gasteiger partial charge >= 0.3 is 6.09 Å². The maximum Gasteiger partial charge on any atom is 0.409 e. The van der Waals surface area contributed by atoms with E-state index in [0.717, 1.165) is 31.8 Å². The lowest BCUT2D eigenvalue weighted by molar-refractivity contribution is 0.111. The zero-order chi connectivity index (χ0) is 18.2. The summed E-state index contributed by atoms with van der Waals surface area (Å²) in [7, 11) is 3.21. The summed E-state index contributed by atoms with van der Waals surface area (Å²) in [5.41, 5.74) is 3.94. The molecule has 0 radical (unpaired) electrons. The summed E-state index contributed by atoms with van der Waals surface area (Å²) in [4.78, 5) is 17.6. The van der Waals surface area contributed by atoms with Crippen molar-refractivity contribution in [3.63, 3.8) is 0 Å². The highest BCUT2D eigenvalue weighted by molar-refractivity contribution is 14.0. The van der Waals surface area contributed by atoms with E-state index in [1.54, 1.807) is 11.9 Å². The van der Waals surface area contributed by atoms with Crippen molar-refractivity contribution in [1.29, 1.82) is 0 Å². The first-order valence-corrected chi connectivity index (χ1v) is 8.89. The van der Waals surface area contributed by atoms with E-state index in [2.05, 4.69) is 47.7 Å². The van der Waals surface area contributed by atoms with Gasteiger partial charge in [-0.15, -0.1) is 24.0 Å².